The summed E-state index contributed by atoms with van der Waals surface area (Å²) in [4.78, 5) is 0. The highest BCUT2D eigenvalue weighted by molar-refractivity contribution is 5.15. The lowest BCUT2D eigenvalue weighted by Gasteiger charge is -2.15. The van der Waals surface area contributed by atoms with Crippen LogP contribution < -0.4 is 0 Å². The van der Waals surface area contributed by atoms with E-state index < -0.39 is 12.2 Å². The summed E-state index contributed by atoms with van der Waals surface area (Å²) in [6.45, 7) is 1.86. The second kappa shape index (κ2) is 5.00. The molecule has 0 spiro atoms. The quantitative estimate of drug-likeness (QED) is 0.734. The molecule has 0 radical (unpaired) electrons. The molecule has 0 aliphatic rings. The van der Waals surface area contributed by atoms with Gasteiger partial charge in [0.25, 0.3) is 0 Å². The zero-order valence-electron chi connectivity index (χ0n) is 7.85. The molecule has 1 rings (SSSR count). The fourth-order valence-electron chi connectivity index (χ4n) is 1.26. The zero-order valence-corrected chi connectivity index (χ0v) is 7.85. The molecular formula is C11H16O2. The summed E-state index contributed by atoms with van der Waals surface area (Å²) in [7, 11) is 0. The van der Waals surface area contributed by atoms with Crippen molar-refractivity contribution in [3.05, 3.63) is 35.9 Å². The van der Waals surface area contributed by atoms with Crippen LogP contribution in [0.5, 0.6) is 0 Å². The third-order valence-electron chi connectivity index (χ3n) is 2.15. The first-order chi connectivity index (χ1) is 6.24. The summed E-state index contributed by atoms with van der Waals surface area (Å²) in [6.07, 6.45) is -0.142. The summed E-state index contributed by atoms with van der Waals surface area (Å²) < 4.78 is 0. The highest BCUT2D eigenvalue weighted by atomic mass is 16.3. The van der Waals surface area contributed by atoms with Gasteiger partial charge >= 0.3 is 0 Å². The molecule has 2 nitrogen and oxygen atoms in total. The van der Waals surface area contributed by atoms with Crippen LogP contribution in [0.1, 0.15) is 18.9 Å². The van der Waals surface area contributed by atoms with Crippen molar-refractivity contribution in [2.75, 3.05) is 0 Å². The van der Waals surface area contributed by atoms with Crippen LogP contribution in [0.2, 0.25) is 0 Å². The van der Waals surface area contributed by atoms with Gasteiger partial charge in [0.15, 0.2) is 0 Å². The van der Waals surface area contributed by atoms with Gasteiger partial charge in [0, 0.05) is 6.42 Å². The standard InChI is InChI=1S/C11H16O2/c1-2-10(12)11(13)8-9-6-4-3-5-7-9/h3-7,10-13H,2,8H2,1H3/t10-,11-/m1/s1. The van der Waals surface area contributed by atoms with Crippen LogP contribution in [0.4, 0.5) is 0 Å². The lowest BCUT2D eigenvalue weighted by atomic mass is 10.0. The Hall–Kier alpha value is -0.860. The predicted octanol–water partition coefficient (Wildman–Crippen LogP) is 1.36. The summed E-state index contributed by atoms with van der Waals surface area (Å²) in [5.41, 5.74) is 1.06. The van der Waals surface area contributed by atoms with E-state index in [2.05, 4.69) is 0 Å². The van der Waals surface area contributed by atoms with E-state index in [1.807, 2.05) is 37.3 Å². The zero-order chi connectivity index (χ0) is 9.68. The lowest BCUT2D eigenvalue weighted by molar-refractivity contribution is 0.0182. The molecule has 2 N–H and O–H groups in total. The van der Waals surface area contributed by atoms with Crippen molar-refractivity contribution in [1.82, 2.24) is 0 Å². The Morgan fingerprint density at radius 2 is 1.69 bits per heavy atom. The molecular weight excluding hydrogens is 164 g/mol. The monoisotopic (exact) mass is 180 g/mol. The molecule has 0 saturated heterocycles. The van der Waals surface area contributed by atoms with Crippen molar-refractivity contribution in [2.24, 2.45) is 0 Å². The SMILES string of the molecule is CC[C@@H](O)[C@H](O)Cc1ccccc1. The number of hydrogen-bond donors (Lipinski definition) is 2. The van der Waals surface area contributed by atoms with Crippen molar-refractivity contribution in [2.45, 2.75) is 32.0 Å². The van der Waals surface area contributed by atoms with Crippen molar-refractivity contribution < 1.29 is 10.2 Å². The third kappa shape index (κ3) is 3.17. The average molecular weight is 180 g/mol. The average Bonchev–Trinajstić information content (AvgIpc) is 2.18. The molecule has 2 heteroatoms. The molecule has 0 unspecified atom stereocenters. The molecule has 0 amide bonds. The normalized spacial score (nSPS) is 15.3. The molecule has 13 heavy (non-hydrogen) atoms. The van der Waals surface area contributed by atoms with Gasteiger partial charge in [-0.3, -0.25) is 0 Å². The number of hydrogen-bond acceptors (Lipinski definition) is 2. The van der Waals surface area contributed by atoms with Crippen LogP contribution in [0.3, 0.4) is 0 Å². The van der Waals surface area contributed by atoms with E-state index in [0.29, 0.717) is 12.8 Å². The van der Waals surface area contributed by atoms with Crippen molar-refractivity contribution in [3.63, 3.8) is 0 Å². The van der Waals surface area contributed by atoms with Crippen LogP contribution >= 0.6 is 0 Å². The summed E-state index contributed by atoms with van der Waals surface area (Å²) in [5, 5.41) is 18.9. The van der Waals surface area contributed by atoms with E-state index in [1.54, 1.807) is 0 Å². The van der Waals surface area contributed by atoms with E-state index >= 15 is 0 Å². The maximum atomic E-state index is 9.52. The molecule has 0 aliphatic carbocycles. The third-order valence-corrected chi connectivity index (χ3v) is 2.15. The number of aliphatic hydroxyl groups is 2. The van der Waals surface area contributed by atoms with Crippen LogP contribution in [-0.2, 0) is 6.42 Å². The molecule has 0 bridgehead atoms. The van der Waals surface area contributed by atoms with E-state index in [4.69, 9.17) is 0 Å². The Morgan fingerprint density at radius 1 is 1.08 bits per heavy atom. The summed E-state index contributed by atoms with van der Waals surface area (Å²) in [6, 6.07) is 9.70. The second-order valence-electron chi connectivity index (χ2n) is 3.23. The Labute approximate surface area is 78.8 Å². The van der Waals surface area contributed by atoms with Crippen molar-refractivity contribution in [1.29, 1.82) is 0 Å². The molecule has 1 aromatic carbocycles. The smallest absolute Gasteiger partial charge is 0.0839 e. The first-order valence-electron chi connectivity index (χ1n) is 4.64. The minimum atomic E-state index is -0.646. The van der Waals surface area contributed by atoms with Gasteiger partial charge in [-0.05, 0) is 12.0 Å². The van der Waals surface area contributed by atoms with Gasteiger partial charge in [-0.2, -0.15) is 0 Å². The van der Waals surface area contributed by atoms with E-state index in [0.717, 1.165) is 5.56 Å². The summed E-state index contributed by atoms with van der Waals surface area (Å²) >= 11 is 0. The van der Waals surface area contributed by atoms with Gasteiger partial charge in [-0.15, -0.1) is 0 Å². The van der Waals surface area contributed by atoms with Crippen LogP contribution in [-0.4, -0.2) is 22.4 Å². The highest BCUT2D eigenvalue weighted by Gasteiger charge is 2.13. The number of rotatable bonds is 4. The number of aliphatic hydroxyl groups excluding tert-OH is 2. The maximum Gasteiger partial charge on any atom is 0.0839 e. The minimum absolute atomic E-state index is 0.524. The van der Waals surface area contributed by atoms with Gasteiger partial charge in [-0.1, -0.05) is 37.3 Å². The van der Waals surface area contributed by atoms with Gasteiger partial charge < -0.3 is 10.2 Å². The lowest BCUT2D eigenvalue weighted by Crippen LogP contribution is -2.27. The van der Waals surface area contributed by atoms with E-state index in [1.165, 1.54) is 0 Å². The van der Waals surface area contributed by atoms with Crippen LogP contribution in [0.15, 0.2) is 30.3 Å². The molecule has 1 aromatic rings. The Balaban J connectivity index is 2.50. The Morgan fingerprint density at radius 3 is 2.23 bits per heavy atom. The predicted molar refractivity (Wildman–Crippen MR) is 52.5 cm³/mol. The minimum Gasteiger partial charge on any atom is -0.390 e. The first kappa shape index (κ1) is 10.2. The molecule has 2 atom stereocenters. The Kier molecular flexibility index (Phi) is 3.93. The van der Waals surface area contributed by atoms with E-state index in [9.17, 15) is 10.2 Å². The Bertz CT molecular complexity index is 233. The molecule has 0 aromatic heterocycles. The van der Waals surface area contributed by atoms with Gasteiger partial charge in [0.1, 0.15) is 0 Å². The van der Waals surface area contributed by atoms with Crippen molar-refractivity contribution >= 4 is 0 Å². The summed E-state index contributed by atoms with van der Waals surface area (Å²) in [5.74, 6) is 0. The van der Waals surface area contributed by atoms with Gasteiger partial charge in [0.2, 0.25) is 0 Å². The van der Waals surface area contributed by atoms with E-state index in [-0.39, 0.29) is 0 Å². The van der Waals surface area contributed by atoms with Crippen molar-refractivity contribution in [3.8, 4) is 0 Å². The van der Waals surface area contributed by atoms with Gasteiger partial charge in [-0.25, -0.2) is 0 Å². The van der Waals surface area contributed by atoms with Crippen LogP contribution in [0.25, 0.3) is 0 Å². The molecule has 0 aliphatic heterocycles. The van der Waals surface area contributed by atoms with Crippen LogP contribution in [0, 0.1) is 0 Å². The maximum absolute atomic E-state index is 9.52. The molecule has 0 fully saturated rings. The van der Waals surface area contributed by atoms with Gasteiger partial charge in [0.05, 0.1) is 12.2 Å². The topological polar surface area (TPSA) is 40.5 Å². The second-order valence-corrected chi connectivity index (χ2v) is 3.23. The fraction of sp³-hybridized carbons (Fsp3) is 0.455. The molecule has 72 valence electrons. The molecule has 0 saturated carbocycles. The largest absolute Gasteiger partial charge is 0.390 e. The molecule has 0 heterocycles. The fourth-order valence-corrected chi connectivity index (χ4v) is 1.26. The highest BCUT2D eigenvalue weighted by Crippen LogP contribution is 2.07. The number of benzene rings is 1. The first-order valence-corrected chi connectivity index (χ1v) is 4.64.